The molecule has 3 N–H and O–H groups in total. The fourth-order valence-corrected chi connectivity index (χ4v) is 2.58. The molecule has 1 amide bonds. The Labute approximate surface area is 103 Å². The van der Waals surface area contributed by atoms with Crippen molar-refractivity contribution < 1.29 is 28.7 Å². The zero-order valence-electron chi connectivity index (χ0n) is 9.31. The summed E-state index contributed by atoms with van der Waals surface area (Å²) < 4.78 is 24.8. The first-order valence-corrected chi connectivity index (χ1v) is 6.75. The Morgan fingerprint density at radius 2 is 2.00 bits per heavy atom. The minimum atomic E-state index is -4.59. The second kappa shape index (κ2) is 6.06. The minimum Gasteiger partial charge on any atom is -0.324 e. The normalized spacial score (nSPS) is 13.1. The first-order chi connectivity index (χ1) is 8.36. The van der Waals surface area contributed by atoms with Crippen molar-refractivity contribution in [1.82, 2.24) is 5.06 Å². The Kier molecular flexibility index (Phi) is 4.98. The maximum atomic E-state index is 13.5. The molecule has 1 aromatic rings. The molecule has 1 atom stereocenters. The molecule has 18 heavy (non-hydrogen) atoms. The monoisotopic (exact) mass is 277 g/mol. The summed E-state index contributed by atoms with van der Waals surface area (Å²) in [4.78, 5) is 28.6. The Morgan fingerprint density at radius 3 is 2.50 bits per heavy atom. The van der Waals surface area contributed by atoms with Crippen LogP contribution in [0.5, 0.6) is 0 Å². The maximum absolute atomic E-state index is 13.5. The van der Waals surface area contributed by atoms with E-state index in [0.29, 0.717) is 0 Å². The molecule has 8 heteroatoms. The standard InChI is InChI=1S/C10H13FNO5P/c11-9-4-2-1-3-8(9)10(18(15,16)17)5-6-12(14)7-13/h1-4,7,10,14H,5-6H2,(H2,15,16,17). The average Bonchev–Trinajstić information content (AvgIpc) is 2.29. The summed E-state index contributed by atoms with van der Waals surface area (Å²) in [6.07, 6.45) is -0.140. The van der Waals surface area contributed by atoms with Gasteiger partial charge in [0.05, 0.1) is 5.66 Å². The lowest BCUT2D eigenvalue weighted by molar-refractivity contribution is -0.149. The highest BCUT2D eigenvalue weighted by atomic mass is 31.2. The topological polar surface area (TPSA) is 98.1 Å². The van der Waals surface area contributed by atoms with Crippen molar-refractivity contribution in [2.45, 2.75) is 12.1 Å². The summed E-state index contributed by atoms with van der Waals surface area (Å²) >= 11 is 0. The third-order valence-electron chi connectivity index (χ3n) is 2.42. The Balaban J connectivity index is 2.97. The van der Waals surface area contributed by atoms with Crippen LogP contribution in [0.4, 0.5) is 4.39 Å². The largest absolute Gasteiger partial charge is 0.333 e. The van der Waals surface area contributed by atoms with E-state index in [4.69, 9.17) is 5.21 Å². The van der Waals surface area contributed by atoms with Gasteiger partial charge < -0.3 is 9.79 Å². The summed E-state index contributed by atoms with van der Waals surface area (Å²) in [7, 11) is -4.59. The van der Waals surface area contributed by atoms with E-state index in [9.17, 15) is 23.5 Å². The van der Waals surface area contributed by atoms with E-state index in [-0.39, 0.29) is 30.0 Å². The number of benzene rings is 1. The first-order valence-electron chi connectivity index (χ1n) is 5.06. The predicted molar refractivity (Wildman–Crippen MR) is 60.4 cm³/mol. The molecule has 0 fully saturated rings. The first kappa shape index (κ1) is 14.8. The Hall–Kier alpha value is -1.27. The van der Waals surface area contributed by atoms with Crippen molar-refractivity contribution in [3.8, 4) is 0 Å². The van der Waals surface area contributed by atoms with Crippen LogP contribution in [0, 0.1) is 5.82 Å². The zero-order valence-corrected chi connectivity index (χ0v) is 10.2. The highest BCUT2D eigenvalue weighted by molar-refractivity contribution is 7.52. The lowest BCUT2D eigenvalue weighted by Crippen LogP contribution is -2.20. The average molecular weight is 277 g/mol. The van der Waals surface area contributed by atoms with Crippen LogP contribution in [0.3, 0.4) is 0 Å². The molecule has 0 bridgehead atoms. The van der Waals surface area contributed by atoms with Gasteiger partial charge in [-0.05, 0) is 12.5 Å². The van der Waals surface area contributed by atoms with E-state index in [1.165, 1.54) is 18.2 Å². The van der Waals surface area contributed by atoms with Crippen molar-refractivity contribution in [2.75, 3.05) is 6.54 Å². The van der Waals surface area contributed by atoms with E-state index < -0.39 is 19.1 Å². The molecule has 0 aliphatic rings. The number of nitrogens with zero attached hydrogens (tertiary/aromatic N) is 1. The van der Waals surface area contributed by atoms with E-state index in [1.807, 2.05) is 0 Å². The third kappa shape index (κ3) is 3.89. The second-order valence-corrected chi connectivity index (χ2v) is 5.49. The van der Waals surface area contributed by atoms with Gasteiger partial charge in [-0.15, -0.1) is 0 Å². The van der Waals surface area contributed by atoms with Gasteiger partial charge >= 0.3 is 7.60 Å². The smallest absolute Gasteiger partial charge is 0.324 e. The van der Waals surface area contributed by atoms with Gasteiger partial charge in [-0.25, -0.2) is 9.45 Å². The number of hydrogen-bond acceptors (Lipinski definition) is 3. The van der Waals surface area contributed by atoms with Crippen LogP contribution in [0.1, 0.15) is 17.6 Å². The fourth-order valence-electron chi connectivity index (χ4n) is 1.56. The Morgan fingerprint density at radius 1 is 1.39 bits per heavy atom. The van der Waals surface area contributed by atoms with Gasteiger partial charge in [0.25, 0.3) is 0 Å². The molecule has 6 nitrogen and oxygen atoms in total. The van der Waals surface area contributed by atoms with Gasteiger partial charge in [0.15, 0.2) is 0 Å². The van der Waals surface area contributed by atoms with Crippen LogP contribution >= 0.6 is 7.60 Å². The van der Waals surface area contributed by atoms with Crippen molar-refractivity contribution in [3.63, 3.8) is 0 Å². The highest BCUT2D eigenvalue weighted by Crippen LogP contribution is 2.54. The molecule has 100 valence electrons. The zero-order chi connectivity index (χ0) is 13.8. The molecule has 1 unspecified atom stereocenters. The number of halogens is 1. The van der Waals surface area contributed by atoms with E-state index in [2.05, 4.69) is 0 Å². The van der Waals surface area contributed by atoms with E-state index >= 15 is 0 Å². The number of hydroxylamine groups is 2. The van der Waals surface area contributed by atoms with E-state index in [0.717, 1.165) is 6.07 Å². The molecule has 0 aliphatic carbocycles. The number of rotatable bonds is 6. The quantitative estimate of drug-likeness (QED) is 0.315. The van der Waals surface area contributed by atoms with Gasteiger partial charge in [0, 0.05) is 12.1 Å². The molecule has 1 aromatic carbocycles. The number of amides is 1. The molecule has 0 aromatic heterocycles. The molecule has 0 saturated heterocycles. The minimum absolute atomic E-state index is 0.109. The van der Waals surface area contributed by atoms with E-state index in [1.54, 1.807) is 0 Å². The summed E-state index contributed by atoms with van der Waals surface area (Å²) in [6, 6.07) is 5.22. The third-order valence-corrected chi connectivity index (χ3v) is 3.77. The van der Waals surface area contributed by atoms with Gasteiger partial charge in [0.2, 0.25) is 6.41 Å². The van der Waals surface area contributed by atoms with Crippen molar-refractivity contribution >= 4 is 14.0 Å². The summed E-state index contributed by atoms with van der Waals surface area (Å²) in [5.74, 6) is -0.735. The maximum Gasteiger partial charge on any atom is 0.333 e. The molecular weight excluding hydrogens is 264 g/mol. The fraction of sp³-hybridized carbons (Fsp3) is 0.300. The van der Waals surface area contributed by atoms with Crippen LogP contribution < -0.4 is 0 Å². The van der Waals surface area contributed by atoms with Crippen molar-refractivity contribution in [1.29, 1.82) is 0 Å². The van der Waals surface area contributed by atoms with Crippen LogP contribution in [-0.2, 0) is 9.36 Å². The molecule has 1 rings (SSSR count). The van der Waals surface area contributed by atoms with Gasteiger partial charge in [-0.1, -0.05) is 18.2 Å². The summed E-state index contributed by atoms with van der Waals surface area (Å²) in [6.45, 7) is -0.298. The van der Waals surface area contributed by atoms with Crippen LogP contribution in [-0.4, -0.2) is 33.0 Å². The molecule has 0 saturated carbocycles. The van der Waals surface area contributed by atoms with Gasteiger partial charge in [-0.2, -0.15) is 0 Å². The lowest BCUT2D eigenvalue weighted by atomic mass is 10.1. The summed E-state index contributed by atoms with van der Waals surface area (Å²) in [5.41, 5.74) is -1.53. The van der Waals surface area contributed by atoms with Crippen LogP contribution in [0.25, 0.3) is 0 Å². The van der Waals surface area contributed by atoms with Gasteiger partial charge in [-0.3, -0.25) is 14.6 Å². The van der Waals surface area contributed by atoms with Crippen molar-refractivity contribution in [3.05, 3.63) is 35.6 Å². The number of carbonyl (C=O) groups excluding carboxylic acids is 1. The van der Waals surface area contributed by atoms with Crippen molar-refractivity contribution in [2.24, 2.45) is 0 Å². The molecule has 0 spiro atoms. The molecule has 0 radical (unpaired) electrons. The van der Waals surface area contributed by atoms with Crippen LogP contribution in [0.2, 0.25) is 0 Å². The lowest BCUT2D eigenvalue weighted by Gasteiger charge is -2.20. The second-order valence-electron chi connectivity index (χ2n) is 3.68. The molecule has 0 heterocycles. The van der Waals surface area contributed by atoms with Gasteiger partial charge in [0.1, 0.15) is 5.82 Å². The highest BCUT2D eigenvalue weighted by Gasteiger charge is 2.32. The molecular formula is C10H13FNO5P. The Bertz CT molecular complexity index is 463. The summed E-state index contributed by atoms with van der Waals surface area (Å²) in [5, 5.41) is 9.16. The number of carbonyl (C=O) groups is 1. The SMILES string of the molecule is O=CN(O)CCC(c1ccccc1F)P(=O)(O)O. The molecule has 0 aliphatic heterocycles. The number of hydrogen-bond donors (Lipinski definition) is 3. The van der Waals surface area contributed by atoms with Crippen LogP contribution in [0.15, 0.2) is 24.3 Å². The predicted octanol–water partition coefficient (Wildman–Crippen LogP) is 1.28.